The first-order chi connectivity index (χ1) is 12.0. The molecule has 1 aliphatic rings. The average Bonchev–Trinajstić information content (AvgIpc) is 3.21. The molecule has 0 saturated carbocycles. The van der Waals surface area contributed by atoms with E-state index in [1.165, 1.54) is 13.1 Å². The molecule has 1 unspecified atom stereocenters. The van der Waals surface area contributed by atoms with Gasteiger partial charge < -0.3 is 10.2 Å². The summed E-state index contributed by atoms with van der Waals surface area (Å²) in [4.78, 5) is 42.4. The van der Waals surface area contributed by atoms with Crippen LogP contribution in [0.5, 0.6) is 0 Å². The average molecular weight is 357 g/mol. The smallest absolute Gasteiger partial charge is 0.231 e. The van der Waals surface area contributed by atoms with Crippen molar-refractivity contribution in [1.82, 2.24) is 4.98 Å². The normalized spacial score (nSPS) is 17.0. The molecule has 0 spiro atoms. The van der Waals surface area contributed by atoms with Gasteiger partial charge in [-0.25, -0.2) is 4.98 Å². The second-order valence-electron chi connectivity index (χ2n) is 5.96. The van der Waals surface area contributed by atoms with Gasteiger partial charge in [-0.15, -0.1) is 0 Å². The first-order valence-electron chi connectivity index (χ1n) is 8.15. The van der Waals surface area contributed by atoms with Crippen LogP contribution in [-0.4, -0.2) is 29.1 Å². The second kappa shape index (κ2) is 7.14. The molecule has 0 bridgehead atoms. The summed E-state index contributed by atoms with van der Waals surface area (Å²) in [5.41, 5.74) is 1.96. The van der Waals surface area contributed by atoms with Crippen LogP contribution in [0, 0.1) is 5.92 Å². The Kier molecular flexibility index (Phi) is 4.94. The molecule has 1 atom stereocenters. The molecule has 1 N–H and O–H groups in total. The van der Waals surface area contributed by atoms with E-state index in [0.717, 1.165) is 29.0 Å². The van der Waals surface area contributed by atoms with Gasteiger partial charge in [0, 0.05) is 25.6 Å². The largest absolute Gasteiger partial charge is 0.311 e. The maximum atomic E-state index is 12.5. The molecule has 7 heteroatoms. The number of rotatable bonds is 5. The molecule has 2 amide bonds. The maximum Gasteiger partial charge on any atom is 0.231 e. The lowest BCUT2D eigenvalue weighted by Gasteiger charge is -2.19. The van der Waals surface area contributed by atoms with Gasteiger partial charge in [-0.1, -0.05) is 36.5 Å². The van der Waals surface area contributed by atoms with Gasteiger partial charge in [0.05, 0.1) is 17.0 Å². The van der Waals surface area contributed by atoms with Crippen molar-refractivity contribution >= 4 is 39.8 Å². The van der Waals surface area contributed by atoms with Crippen LogP contribution in [0.1, 0.15) is 35.5 Å². The highest BCUT2D eigenvalue weighted by Gasteiger charge is 2.36. The van der Waals surface area contributed by atoms with Crippen molar-refractivity contribution in [3.63, 3.8) is 0 Å². The van der Waals surface area contributed by atoms with Crippen LogP contribution in [0.15, 0.2) is 30.5 Å². The Morgan fingerprint density at radius 2 is 2.12 bits per heavy atom. The molecule has 2 heterocycles. The number of Topliss-reactive ketones (excluding diaryl/α,β-unsaturated/α-hetero) is 1. The number of nitrogens with one attached hydrogen (secondary N) is 1. The number of hydrogen-bond donors (Lipinski definition) is 1. The van der Waals surface area contributed by atoms with Gasteiger partial charge >= 0.3 is 0 Å². The first kappa shape index (κ1) is 17.3. The van der Waals surface area contributed by atoms with Crippen LogP contribution in [-0.2, 0) is 16.0 Å². The van der Waals surface area contributed by atoms with Gasteiger partial charge in [0.25, 0.3) is 0 Å². The van der Waals surface area contributed by atoms with Gasteiger partial charge in [0.1, 0.15) is 0 Å². The molecule has 3 rings (SSSR count). The predicted octanol–water partition coefficient (Wildman–Crippen LogP) is 2.90. The molecule has 130 valence electrons. The van der Waals surface area contributed by atoms with E-state index >= 15 is 0 Å². The molecule has 2 aromatic rings. The molecular weight excluding hydrogens is 338 g/mol. The molecular formula is C18H19N3O3S. The number of nitrogens with zero attached hydrogens (tertiary/aromatic N) is 2. The Hall–Kier alpha value is -2.54. The number of thiazole rings is 1. The number of benzene rings is 1. The van der Waals surface area contributed by atoms with Crippen molar-refractivity contribution in [2.24, 2.45) is 5.92 Å². The van der Waals surface area contributed by atoms with E-state index in [0.29, 0.717) is 16.6 Å². The third kappa shape index (κ3) is 3.61. The minimum Gasteiger partial charge on any atom is -0.311 e. The summed E-state index contributed by atoms with van der Waals surface area (Å²) in [7, 11) is 0. The zero-order chi connectivity index (χ0) is 18.0. The molecule has 1 aliphatic heterocycles. The number of amides is 2. The van der Waals surface area contributed by atoms with E-state index in [9.17, 15) is 14.4 Å². The van der Waals surface area contributed by atoms with Gasteiger partial charge in [0.15, 0.2) is 10.9 Å². The third-order valence-corrected chi connectivity index (χ3v) is 5.26. The lowest BCUT2D eigenvalue weighted by atomic mass is 10.1. The topological polar surface area (TPSA) is 79.4 Å². The summed E-state index contributed by atoms with van der Waals surface area (Å²) in [6.45, 7) is 3.85. The number of para-hydroxylation sites is 1. The van der Waals surface area contributed by atoms with Gasteiger partial charge in [-0.2, -0.15) is 0 Å². The van der Waals surface area contributed by atoms with E-state index in [2.05, 4.69) is 10.3 Å². The van der Waals surface area contributed by atoms with Crippen LogP contribution in [0.4, 0.5) is 10.8 Å². The summed E-state index contributed by atoms with van der Waals surface area (Å²) in [6.07, 6.45) is 2.45. The summed E-state index contributed by atoms with van der Waals surface area (Å²) < 4.78 is 0. The van der Waals surface area contributed by atoms with Crippen LogP contribution < -0.4 is 10.2 Å². The summed E-state index contributed by atoms with van der Waals surface area (Å²) >= 11 is 1.14. The number of aromatic nitrogens is 1. The van der Waals surface area contributed by atoms with Crippen LogP contribution in [0.25, 0.3) is 0 Å². The minimum absolute atomic E-state index is 0.0513. The summed E-state index contributed by atoms with van der Waals surface area (Å²) in [6, 6.07) is 7.75. The molecule has 25 heavy (non-hydrogen) atoms. The van der Waals surface area contributed by atoms with E-state index in [-0.39, 0.29) is 24.0 Å². The van der Waals surface area contributed by atoms with Crippen LogP contribution >= 0.6 is 11.3 Å². The van der Waals surface area contributed by atoms with Gasteiger partial charge in [0.2, 0.25) is 11.8 Å². The fourth-order valence-corrected chi connectivity index (χ4v) is 3.61. The molecule has 0 radical (unpaired) electrons. The zero-order valence-electron chi connectivity index (χ0n) is 14.1. The minimum atomic E-state index is -0.429. The molecule has 1 aromatic carbocycles. The first-order valence-corrected chi connectivity index (χ1v) is 8.97. The van der Waals surface area contributed by atoms with Crippen molar-refractivity contribution in [2.75, 3.05) is 16.8 Å². The van der Waals surface area contributed by atoms with E-state index in [1.54, 1.807) is 4.90 Å². The lowest BCUT2D eigenvalue weighted by Crippen LogP contribution is -2.28. The van der Waals surface area contributed by atoms with Crippen molar-refractivity contribution in [3.8, 4) is 0 Å². The SMILES string of the molecule is CCc1ccccc1N1CC(C(=O)Nc2ncc(C(C)=O)s2)CC1=O. The monoisotopic (exact) mass is 357 g/mol. The molecule has 6 nitrogen and oxygen atoms in total. The Labute approximate surface area is 149 Å². The Morgan fingerprint density at radius 3 is 2.80 bits per heavy atom. The number of hydrogen-bond acceptors (Lipinski definition) is 5. The summed E-state index contributed by atoms with van der Waals surface area (Å²) in [5.74, 6) is -0.808. The number of carbonyl (C=O) groups excluding carboxylic acids is 3. The lowest BCUT2D eigenvalue weighted by molar-refractivity contribution is -0.122. The van der Waals surface area contributed by atoms with E-state index < -0.39 is 5.92 Å². The Balaban J connectivity index is 1.71. The fraction of sp³-hybridized carbons (Fsp3) is 0.333. The third-order valence-electron chi connectivity index (χ3n) is 4.24. The maximum absolute atomic E-state index is 12.5. The van der Waals surface area contributed by atoms with Gasteiger partial charge in [-0.05, 0) is 18.1 Å². The highest BCUT2D eigenvalue weighted by molar-refractivity contribution is 7.17. The molecule has 1 saturated heterocycles. The summed E-state index contributed by atoms with van der Waals surface area (Å²) in [5, 5.41) is 3.10. The fourth-order valence-electron chi connectivity index (χ4n) is 2.89. The highest BCUT2D eigenvalue weighted by atomic mass is 32.1. The number of anilines is 2. The number of ketones is 1. The predicted molar refractivity (Wildman–Crippen MR) is 97.0 cm³/mol. The van der Waals surface area contributed by atoms with Crippen LogP contribution in [0.3, 0.4) is 0 Å². The quantitative estimate of drug-likeness (QED) is 0.835. The van der Waals surface area contributed by atoms with E-state index in [4.69, 9.17) is 0 Å². The standard InChI is InChI=1S/C18H19N3O3S/c1-3-12-6-4-5-7-14(12)21-10-13(8-16(21)23)17(24)20-18-19-9-15(25-18)11(2)22/h4-7,9,13H,3,8,10H2,1-2H3,(H,19,20,24). The van der Waals surface area contributed by atoms with Crippen molar-refractivity contribution in [3.05, 3.63) is 40.9 Å². The molecule has 0 aliphatic carbocycles. The molecule has 1 aromatic heterocycles. The Bertz CT molecular complexity index is 830. The second-order valence-corrected chi connectivity index (χ2v) is 6.99. The van der Waals surface area contributed by atoms with Crippen molar-refractivity contribution < 1.29 is 14.4 Å². The number of carbonyl (C=O) groups is 3. The zero-order valence-corrected chi connectivity index (χ0v) is 14.9. The Morgan fingerprint density at radius 1 is 1.36 bits per heavy atom. The van der Waals surface area contributed by atoms with Crippen molar-refractivity contribution in [2.45, 2.75) is 26.7 Å². The van der Waals surface area contributed by atoms with E-state index in [1.807, 2.05) is 31.2 Å². The van der Waals surface area contributed by atoms with Crippen molar-refractivity contribution in [1.29, 1.82) is 0 Å². The number of aryl methyl sites for hydroxylation is 1. The van der Waals surface area contributed by atoms with Gasteiger partial charge in [-0.3, -0.25) is 14.4 Å². The van der Waals surface area contributed by atoms with Crippen LogP contribution in [0.2, 0.25) is 0 Å². The molecule has 1 fully saturated rings. The highest BCUT2D eigenvalue weighted by Crippen LogP contribution is 2.29.